The van der Waals surface area contributed by atoms with Gasteiger partial charge in [-0.1, -0.05) is 25.4 Å². The van der Waals surface area contributed by atoms with E-state index in [0.717, 1.165) is 11.3 Å². The zero-order valence-corrected chi connectivity index (χ0v) is 14.2. The van der Waals surface area contributed by atoms with Crippen molar-refractivity contribution in [1.29, 1.82) is 0 Å². The molecule has 0 aliphatic carbocycles. The lowest BCUT2D eigenvalue weighted by molar-refractivity contribution is -0.118. The lowest BCUT2D eigenvalue weighted by Gasteiger charge is -2.12. The van der Waals surface area contributed by atoms with Gasteiger partial charge in [-0.15, -0.1) is 10.2 Å². The highest BCUT2D eigenvalue weighted by molar-refractivity contribution is 6.31. The molecule has 1 aromatic heterocycles. The van der Waals surface area contributed by atoms with Crippen molar-refractivity contribution in [2.75, 3.05) is 17.7 Å². The van der Waals surface area contributed by atoms with Crippen LogP contribution in [0, 0.1) is 12.8 Å². The minimum Gasteiger partial charge on any atom is -0.495 e. The summed E-state index contributed by atoms with van der Waals surface area (Å²) < 4.78 is 5.30. The maximum atomic E-state index is 11.6. The molecule has 1 amide bonds. The van der Waals surface area contributed by atoms with Gasteiger partial charge in [0.2, 0.25) is 5.91 Å². The molecular weight excluding hydrogens is 316 g/mol. The number of aromatic nitrogens is 2. The van der Waals surface area contributed by atoms with Gasteiger partial charge in [0, 0.05) is 17.0 Å². The van der Waals surface area contributed by atoms with E-state index in [0.29, 0.717) is 22.4 Å². The average molecular weight is 335 g/mol. The highest BCUT2D eigenvalue weighted by Gasteiger charge is 2.10. The molecule has 2 aromatic rings. The van der Waals surface area contributed by atoms with Crippen LogP contribution in [-0.2, 0) is 4.79 Å². The Morgan fingerprint density at radius 3 is 2.43 bits per heavy atom. The molecule has 1 heterocycles. The Morgan fingerprint density at radius 2 is 1.87 bits per heavy atom. The van der Waals surface area contributed by atoms with Crippen LogP contribution >= 0.6 is 11.6 Å². The highest BCUT2D eigenvalue weighted by Crippen LogP contribution is 2.32. The first-order valence-corrected chi connectivity index (χ1v) is 7.54. The van der Waals surface area contributed by atoms with Crippen molar-refractivity contribution in [2.24, 2.45) is 5.92 Å². The summed E-state index contributed by atoms with van der Waals surface area (Å²) in [6.07, 6.45) is 0. The summed E-state index contributed by atoms with van der Waals surface area (Å²) in [4.78, 5) is 11.6. The number of hydrogen-bond donors (Lipinski definition) is 2. The summed E-state index contributed by atoms with van der Waals surface area (Å²) in [5, 5.41) is 14.5. The maximum Gasteiger partial charge on any atom is 0.228 e. The third-order valence-corrected chi connectivity index (χ3v) is 3.59. The molecule has 0 atom stereocenters. The van der Waals surface area contributed by atoms with Gasteiger partial charge in [0.25, 0.3) is 0 Å². The number of aryl methyl sites for hydroxylation is 1. The molecule has 122 valence electrons. The molecule has 2 rings (SSSR count). The van der Waals surface area contributed by atoms with Gasteiger partial charge in [-0.05, 0) is 30.7 Å². The number of ether oxygens (including phenoxy) is 1. The summed E-state index contributed by atoms with van der Waals surface area (Å²) in [6.45, 7) is 5.53. The molecule has 7 heteroatoms. The monoisotopic (exact) mass is 334 g/mol. The first-order chi connectivity index (χ1) is 10.9. The van der Waals surface area contributed by atoms with Crippen LogP contribution in [0.25, 0.3) is 0 Å². The molecule has 0 fully saturated rings. The predicted molar refractivity (Wildman–Crippen MR) is 91.5 cm³/mol. The van der Waals surface area contributed by atoms with Gasteiger partial charge >= 0.3 is 0 Å². The Bertz CT molecular complexity index is 702. The topological polar surface area (TPSA) is 76.1 Å². The zero-order chi connectivity index (χ0) is 17.0. The van der Waals surface area contributed by atoms with Crippen molar-refractivity contribution in [2.45, 2.75) is 20.8 Å². The van der Waals surface area contributed by atoms with Crippen LogP contribution in [0.3, 0.4) is 0 Å². The second kappa shape index (κ2) is 7.28. The van der Waals surface area contributed by atoms with Gasteiger partial charge in [-0.25, -0.2) is 0 Å². The second-order valence-corrected chi connectivity index (χ2v) is 5.78. The summed E-state index contributed by atoms with van der Waals surface area (Å²) in [5.74, 6) is 1.34. The quantitative estimate of drug-likeness (QED) is 0.870. The van der Waals surface area contributed by atoms with E-state index in [1.165, 1.54) is 0 Å². The van der Waals surface area contributed by atoms with Crippen molar-refractivity contribution in [1.82, 2.24) is 10.2 Å². The third-order valence-electron chi connectivity index (χ3n) is 3.18. The molecule has 0 aliphatic heterocycles. The highest BCUT2D eigenvalue weighted by atomic mass is 35.5. The number of benzene rings is 1. The smallest absolute Gasteiger partial charge is 0.228 e. The van der Waals surface area contributed by atoms with Crippen LogP contribution < -0.4 is 15.4 Å². The van der Waals surface area contributed by atoms with E-state index >= 15 is 0 Å². The number of nitrogens with one attached hydrogen (secondary N) is 2. The summed E-state index contributed by atoms with van der Waals surface area (Å²) in [5.41, 5.74) is 1.66. The first-order valence-electron chi connectivity index (χ1n) is 7.16. The fraction of sp³-hybridized carbons (Fsp3) is 0.312. The van der Waals surface area contributed by atoms with E-state index in [1.54, 1.807) is 25.3 Å². The minimum atomic E-state index is -0.115. The van der Waals surface area contributed by atoms with Gasteiger partial charge in [0.15, 0.2) is 11.6 Å². The fourth-order valence-corrected chi connectivity index (χ4v) is 1.96. The average Bonchev–Trinajstić information content (AvgIpc) is 2.52. The van der Waals surface area contributed by atoms with E-state index in [2.05, 4.69) is 20.8 Å². The van der Waals surface area contributed by atoms with Gasteiger partial charge in [0.1, 0.15) is 5.75 Å². The van der Waals surface area contributed by atoms with Gasteiger partial charge < -0.3 is 15.4 Å². The number of anilines is 3. The number of amides is 1. The molecule has 0 saturated heterocycles. The summed E-state index contributed by atoms with van der Waals surface area (Å²) in [6, 6.07) is 7.03. The van der Waals surface area contributed by atoms with Crippen LogP contribution in [0.1, 0.15) is 19.4 Å². The van der Waals surface area contributed by atoms with Gasteiger partial charge in [-0.3, -0.25) is 4.79 Å². The molecule has 23 heavy (non-hydrogen) atoms. The van der Waals surface area contributed by atoms with Gasteiger partial charge in [-0.2, -0.15) is 0 Å². The molecule has 2 N–H and O–H groups in total. The SMILES string of the molecule is COc1cc(Cl)c(C)cc1Nc1ccc(NC(=O)C(C)C)nn1. The van der Waals surface area contributed by atoms with Crippen molar-refractivity contribution in [3.8, 4) is 5.75 Å². The number of hydrogen-bond acceptors (Lipinski definition) is 5. The zero-order valence-electron chi connectivity index (χ0n) is 13.5. The Balaban J connectivity index is 2.15. The first kappa shape index (κ1) is 17.0. The molecule has 0 saturated carbocycles. The number of rotatable bonds is 5. The standard InChI is InChI=1S/C16H19ClN4O2/c1-9(2)16(22)19-15-6-5-14(20-21-15)18-12-7-10(3)11(17)8-13(12)23-4/h5-9H,1-4H3,(H,18,20)(H,19,21,22). The molecule has 6 nitrogen and oxygen atoms in total. The molecular formula is C16H19ClN4O2. The maximum absolute atomic E-state index is 11.6. The summed E-state index contributed by atoms with van der Waals surface area (Å²) >= 11 is 6.09. The van der Waals surface area contributed by atoms with Crippen LogP contribution in [0.5, 0.6) is 5.75 Å². The molecule has 0 bridgehead atoms. The van der Waals surface area contributed by atoms with E-state index in [-0.39, 0.29) is 11.8 Å². The van der Waals surface area contributed by atoms with Crippen molar-refractivity contribution in [3.05, 3.63) is 34.9 Å². The van der Waals surface area contributed by atoms with E-state index < -0.39 is 0 Å². The van der Waals surface area contributed by atoms with E-state index in [1.807, 2.05) is 26.8 Å². The molecule has 0 unspecified atom stereocenters. The Labute approximate surface area is 140 Å². The van der Waals surface area contributed by atoms with Crippen LogP contribution in [0.2, 0.25) is 5.02 Å². The molecule has 0 spiro atoms. The number of carbonyl (C=O) groups is 1. The van der Waals surface area contributed by atoms with Crippen molar-refractivity contribution >= 4 is 34.8 Å². The van der Waals surface area contributed by atoms with Crippen molar-refractivity contribution < 1.29 is 9.53 Å². The lowest BCUT2D eigenvalue weighted by atomic mass is 10.2. The van der Waals surface area contributed by atoms with Gasteiger partial charge in [0.05, 0.1) is 12.8 Å². The van der Waals surface area contributed by atoms with Crippen LogP contribution in [-0.4, -0.2) is 23.2 Å². The molecule has 1 aromatic carbocycles. The molecule has 0 aliphatic rings. The third kappa shape index (κ3) is 4.32. The number of halogens is 1. The van der Waals surface area contributed by atoms with E-state index in [9.17, 15) is 4.79 Å². The van der Waals surface area contributed by atoms with Crippen LogP contribution in [0.15, 0.2) is 24.3 Å². The lowest BCUT2D eigenvalue weighted by Crippen LogP contribution is -2.18. The Kier molecular flexibility index (Phi) is 5.39. The Hall–Kier alpha value is -2.34. The predicted octanol–water partition coefficient (Wildman–Crippen LogP) is 3.79. The number of methoxy groups -OCH3 is 1. The number of carbonyl (C=O) groups excluding carboxylic acids is 1. The fourth-order valence-electron chi connectivity index (χ4n) is 1.80. The largest absolute Gasteiger partial charge is 0.495 e. The Morgan fingerprint density at radius 1 is 1.22 bits per heavy atom. The second-order valence-electron chi connectivity index (χ2n) is 5.37. The normalized spacial score (nSPS) is 10.5. The minimum absolute atomic E-state index is 0.102. The van der Waals surface area contributed by atoms with Crippen LogP contribution in [0.4, 0.5) is 17.3 Å². The van der Waals surface area contributed by atoms with E-state index in [4.69, 9.17) is 16.3 Å². The number of nitrogens with zero attached hydrogens (tertiary/aromatic N) is 2. The molecule has 0 radical (unpaired) electrons. The van der Waals surface area contributed by atoms with Crippen molar-refractivity contribution in [3.63, 3.8) is 0 Å². The summed E-state index contributed by atoms with van der Waals surface area (Å²) in [7, 11) is 1.57.